The molecule has 3 N–H and O–H groups in total. The molecule has 0 atom stereocenters. The van der Waals surface area contributed by atoms with Crippen LogP contribution in [0.2, 0.25) is 0 Å². The summed E-state index contributed by atoms with van der Waals surface area (Å²) < 4.78 is 5.84. The Kier molecular flexibility index (Phi) is 3.14. The molecule has 0 aliphatic rings. The van der Waals surface area contributed by atoms with Gasteiger partial charge in [-0.15, -0.1) is 0 Å². The van der Waals surface area contributed by atoms with Gasteiger partial charge in [-0.1, -0.05) is 15.9 Å². The number of carbonyl (C=O) groups excluding carboxylic acids is 1. The van der Waals surface area contributed by atoms with Crippen molar-refractivity contribution < 1.29 is 9.21 Å². The lowest BCUT2D eigenvalue weighted by molar-refractivity contribution is 0.0996. The number of nitrogens with two attached hydrogens (primary N) is 1. The van der Waals surface area contributed by atoms with Gasteiger partial charge in [0.1, 0.15) is 0 Å². The molecular formula is C11H10BrN3O2. The van der Waals surface area contributed by atoms with E-state index in [4.69, 9.17) is 10.2 Å². The molecule has 1 aromatic carbocycles. The zero-order valence-electron chi connectivity index (χ0n) is 9.03. The topological polar surface area (TPSA) is 81.2 Å². The fourth-order valence-electron chi connectivity index (χ4n) is 1.35. The Labute approximate surface area is 106 Å². The van der Waals surface area contributed by atoms with Crippen LogP contribution in [0.25, 0.3) is 0 Å². The smallest absolute Gasteiger partial charge is 0.293 e. The lowest BCUT2D eigenvalue weighted by Gasteiger charge is -2.07. The minimum atomic E-state index is -0.367. The number of rotatable bonds is 2. The Hall–Kier alpha value is -1.82. The van der Waals surface area contributed by atoms with Crippen LogP contribution in [0.3, 0.4) is 0 Å². The minimum absolute atomic E-state index is 0.187. The SMILES string of the molecule is Cc1ncoc1C(=O)Nc1ccc(Br)cc1N. The zero-order valence-corrected chi connectivity index (χ0v) is 10.6. The normalized spacial score (nSPS) is 10.2. The van der Waals surface area contributed by atoms with E-state index in [1.165, 1.54) is 6.39 Å². The Morgan fingerprint density at radius 1 is 1.53 bits per heavy atom. The quantitative estimate of drug-likeness (QED) is 0.835. The molecular weight excluding hydrogens is 286 g/mol. The fourth-order valence-corrected chi connectivity index (χ4v) is 1.73. The molecule has 6 heteroatoms. The Morgan fingerprint density at radius 3 is 2.88 bits per heavy atom. The maximum atomic E-state index is 11.8. The summed E-state index contributed by atoms with van der Waals surface area (Å²) in [4.78, 5) is 15.7. The van der Waals surface area contributed by atoms with E-state index in [1.807, 2.05) is 0 Å². The van der Waals surface area contributed by atoms with Crippen LogP contribution in [0.4, 0.5) is 11.4 Å². The van der Waals surface area contributed by atoms with Crippen molar-refractivity contribution in [2.45, 2.75) is 6.92 Å². The van der Waals surface area contributed by atoms with Gasteiger partial charge in [-0.25, -0.2) is 4.98 Å². The summed E-state index contributed by atoms with van der Waals surface area (Å²) in [7, 11) is 0. The maximum absolute atomic E-state index is 11.8. The zero-order chi connectivity index (χ0) is 12.4. The van der Waals surface area contributed by atoms with E-state index in [2.05, 4.69) is 26.2 Å². The van der Waals surface area contributed by atoms with Gasteiger partial charge < -0.3 is 15.5 Å². The molecule has 1 aromatic heterocycles. The van der Waals surface area contributed by atoms with E-state index in [1.54, 1.807) is 25.1 Å². The first kappa shape index (κ1) is 11.7. The molecule has 2 rings (SSSR count). The number of anilines is 2. The molecule has 0 fully saturated rings. The van der Waals surface area contributed by atoms with E-state index in [0.717, 1.165) is 4.47 Å². The number of aryl methyl sites for hydroxylation is 1. The highest BCUT2D eigenvalue weighted by Crippen LogP contribution is 2.23. The number of aromatic nitrogens is 1. The summed E-state index contributed by atoms with van der Waals surface area (Å²) in [5.74, 6) is -0.179. The van der Waals surface area contributed by atoms with E-state index in [0.29, 0.717) is 17.1 Å². The largest absolute Gasteiger partial charge is 0.438 e. The summed E-state index contributed by atoms with van der Waals surface area (Å²) in [6, 6.07) is 5.21. The molecule has 0 spiro atoms. The lowest BCUT2D eigenvalue weighted by Crippen LogP contribution is -2.13. The highest BCUT2D eigenvalue weighted by molar-refractivity contribution is 9.10. The number of hydrogen-bond donors (Lipinski definition) is 2. The predicted octanol–water partition coefficient (Wildman–Crippen LogP) is 2.58. The third kappa shape index (κ3) is 2.47. The number of benzene rings is 1. The van der Waals surface area contributed by atoms with Crippen LogP contribution >= 0.6 is 15.9 Å². The van der Waals surface area contributed by atoms with Crippen LogP contribution in [0.1, 0.15) is 16.2 Å². The van der Waals surface area contributed by atoms with Crippen molar-refractivity contribution in [3.8, 4) is 0 Å². The first-order chi connectivity index (χ1) is 8.08. The number of hydrogen-bond acceptors (Lipinski definition) is 4. The van der Waals surface area contributed by atoms with Crippen LogP contribution in [0.5, 0.6) is 0 Å². The average molecular weight is 296 g/mol. The van der Waals surface area contributed by atoms with Gasteiger partial charge in [0, 0.05) is 4.47 Å². The van der Waals surface area contributed by atoms with Crippen molar-refractivity contribution in [2.75, 3.05) is 11.1 Å². The number of carbonyl (C=O) groups is 1. The highest BCUT2D eigenvalue weighted by Gasteiger charge is 2.14. The van der Waals surface area contributed by atoms with E-state index in [9.17, 15) is 4.79 Å². The molecule has 0 aliphatic heterocycles. The summed E-state index contributed by atoms with van der Waals surface area (Å²) in [5.41, 5.74) is 7.32. The molecule has 0 radical (unpaired) electrons. The second-order valence-electron chi connectivity index (χ2n) is 3.45. The van der Waals surface area contributed by atoms with Gasteiger partial charge >= 0.3 is 0 Å². The van der Waals surface area contributed by atoms with E-state index >= 15 is 0 Å². The summed E-state index contributed by atoms with van der Waals surface area (Å²) in [5, 5.41) is 2.66. The maximum Gasteiger partial charge on any atom is 0.293 e. The lowest BCUT2D eigenvalue weighted by atomic mass is 10.2. The number of nitrogens with zero attached hydrogens (tertiary/aromatic N) is 1. The van der Waals surface area contributed by atoms with Gasteiger partial charge in [0.05, 0.1) is 17.1 Å². The number of amides is 1. The molecule has 0 saturated heterocycles. The number of oxazole rings is 1. The molecule has 88 valence electrons. The molecule has 2 aromatic rings. The first-order valence-electron chi connectivity index (χ1n) is 4.84. The van der Waals surface area contributed by atoms with E-state index < -0.39 is 0 Å². The third-order valence-electron chi connectivity index (χ3n) is 2.21. The summed E-state index contributed by atoms with van der Waals surface area (Å²) >= 11 is 3.29. The van der Waals surface area contributed by atoms with Crippen LogP contribution in [-0.4, -0.2) is 10.9 Å². The number of nitrogen functional groups attached to an aromatic ring is 1. The molecule has 0 unspecified atom stereocenters. The van der Waals surface area contributed by atoms with Gasteiger partial charge in [0.2, 0.25) is 5.76 Å². The van der Waals surface area contributed by atoms with Gasteiger partial charge in [0.25, 0.3) is 5.91 Å². The van der Waals surface area contributed by atoms with Crippen molar-refractivity contribution >= 4 is 33.2 Å². The highest BCUT2D eigenvalue weighted by atomic mass is 79.9. The minimum Gasteiger partial charge on any atom is -0.438 e. The number of halogens is 1. The molecule has 0 bridgehead atoms. The Bertz CT molecular complexity index is 566. The van der Waals surface area contributed by atoms with Crippen molar-refractivity contribution in [1.82, 2.24) is 4.98 Å². The first-order valence-corrected chi connectivity index (χ1v) is 5.63. The van der Waals surface area contributed by atoms with Crippen LogP contribution in [0.15, 0.2) is 33.5 Å². The van der Waals surface area contributed by atoms with Crippen molar-refractivity contribution in [1.29, 1.82) is 0 Å². The predicted molar refractivity (Wildman–Crippen MR) is 67.7 cm³/mol. The van der Waals surface area contributed by atoms with Crippen molar-refractivity contribution in [3.63, 3.8) is 0 Å². The van der Waals surface area contributed by atoms with Crippen molar-refractivity contribution in [3.05, 3.63) is 40.5 Å². The molecule has 1 amide bonds. The van der Waals surface area contributed by atoms with Gasteiger partial charge in [-0.05, 0) is 25.1 Å². The van der Waals surface area contributed by atoms with Gasteiger partial charge in [-0.3, -0.25) is 4.79 Å². The third-order valence-corrected chi connectivity index (χ3v) is 2.71. The monoisotopic (exact) mass is 295 g/mol. The second-order valence-corrected chi connectivity index (χ2v) is 4.37. The van der Waals surface area contributed by atoms with Crippen LogP contribution in [-0.2, 0) is 0 Å². The van der Waals surface area contributed by atoms with Crippen LogP contribution in [0, 0.1) is 6.92 Å². The molecule has 0 saturated carbocycles. The summed E-state index contributed by atoms with van der Waals surface area (Å²) in [6.07, 6.45) is 1.23. The van der Waals surface area contributed by atoms with E-state index in [-0.39, 0.29) is 11.7 Å². The molecule has 17 heavy (non-hydrogen) atoms. The average Bonchev–Trinajstić information content (AvgIpc) is 2.68. The molecule has 0 aliphatic carbocycles. The standard InChI is InChI=1S/C11H10BrN3O2/c1-6-10(17-5-14-6)11(16)15-9-3-2-7(12)4-8(9)13/h2-5H,13H2,1H3,(H,15,16). The Balaban J connectivity index is 2.22. The van der Waals surface area contributed by atoms with Crippen molar-refractivity contribution in [2.24, 2.45) is 0 Å². The van der Waals surface area contributed by atoms with Gasteiger partial charge in [0.15, 0.2) is 6.39 Å². The van der Waals surface area contributed by atoms with Crippen LogP contribution < -0.4 is 11.1 Å². The Morgan fingerprint density at radius 2 is 2.29 bits per heavy atom. The summed E-state index contributed by atoms with van der Waals surface area (Å²) in [6.45, 7) is 1.70. The second kappa shape index (κ2) is 4.58. The number of nitrogens with one attached hydrogen (secondary N) is 1. The fraction of sp³-hybridized carbons (Fsp3) is 0.0909. The molecule has 5 nitrogen and oxygen atoms in total. The van der Waals surface area contributed by atoms with Gasteiger partial charge in [-0.2, -0.15) is 0 Å². The molecule has 1 heterocycles.